The van der Waals surface area contributed by atoms with Crippen molar-refractivity contribution in [2.45, 2.75) is 64.7 Å². The van der Waals surface area contributed by atoms with E-state index in [1.807, 2.05) is 11.8 Å². The lowest BCUT2D eigenvalue weighted by atomic mass is 9.76. The maximum absolute atomic E-state index is 12.8. The molecule has 3 rings (SSSR count). The minimum Gasteiger partial charge on any atom is -0.453 e. The van der Waals surface area contributed by atoms with Gasteiger partial charge >= 0.3 is 6.09 Å². The van der Waals surface area contributed by atoms with Crippen LogP contribution in [0.25, 0.3) is 0 Å². The zero-order chi connectivity index (χ0) is 21.2. The van der Waals surface area contributed by atoms with Crippen molar-refractivity contribution >= 4 is 12.0 Å². The van der Waals surface area contributed by atoms with E-state index in [4.69, 9.17) is 0 Å². The Kier molecular flexibility index (Phi) is 6.25. The van der Waals surface area contributed by atoms with E-state index >= 15 is 0 Å². The predicted molar refractivity (Wildman–Crippen MR) is 115 cm³/mol. The molecule has 2 aliphatic rings. The highest BCUT2D eigenvalue weighted by Gasteiger charge is 2.50. The van der Waals surface area contributed by atoms with Crippen molar-refractivity contribution in [3.05, 3.63) is 35.4 Å². The zero-order valence-electron chi connectivity index (χ0n) is 18.6. The smallest absolute Gasteiger partial charge is 0.406 e. The van der Waals surface area contributed by atoms with Crippen molar-refractivity contribution < 1.29 is 14.3 Å². The van der Waals surface area contributed by atoms with Crippen LogP contribution in [-0.2, 0) is 14.9 Å². The molecule has 1 aromatic rings. The molecule has 1 aromatic carbocycles. The number of hydrogen-bond donors (Lipinski definition) is 1. The quantitative estimate of drug-likeness (QED) is 0.794. The molecule has 1 aliphatic carbocycles. The summed E-state index contributed by atoms with van der Waals surface area (Å²) < 4.78 is 4.61. The van der Waals surface area contributed by atoms with E-state index in [1.54, 1.807) is 0 Å². The molecule has 2 fully saturated rings. The van der Waals surface area contributed by atoms with Gasteiger partial charge in [0.2, 0.25) is 5.91 Å². The van der Waals surface area contributed by atoms with Crippen LogP contribution in [-0.4, -0.2) is 43.6 Å². The van der Waals surface area contributed by atoms with Crippen LogP contribution in [0.3, 0.4) is 0 Å². The molecule has 0 bridgehead atoms. The molecule has 1 saturated carbocycles. The number of nitrogens with one attached hydrogen (secondary N) is 1. The summed E-state index contributed by atoms with van der Waals surface area (Å²) in [5.74, 6) is 0.588. The minimum atomic E-state index is -0.479. The van der Waals surface area contributed by atoms with Gasteiger partial charge in [-0.1, -0.05) is 52.0 Å². The van der Waals surface area contributed by atoms with E-state index in [-0.39, 0.29) is 22.7 Å². The fourth-order valence-electron chi connectivity index (χ4n) is 4.90. The van der Waals surface area contributed by atoms with Crippen LogP contribution in [0.1, 0.15) is 70.4 Å². The largest absolute Gasteiger partial charge is 0.453 e. The first-order chi connectivity index (χ1) is 13.7. The standard InChI is InChI=1S/C24H36N2O3/c1-6-17(14-25-22(28)29-5)21(27)26-15-24(16-26)12-11-19(13-24)18-7-9-20(10-8-18)23(2,3)4/h7-10,17,19H,6,11-16H2,1-5H3,(H,25,28)/t17-,19?/m1/s1. The third-order valence-corrected chi connectivity index (χ3v) is 6.84. The molecule has 5 nitrogen and oxygen atoms in total. The molecule has 1 N–H and O–H groups in total. The second kappa shape index (κ2) is 8.37. The molecule has 1 heterocycles. The number of methoxy groups -OCH3 is 1. The molecule has 0 radical (unpaired) electrons. The summed E-state index contributed by atoms with van der Waals surface area (Å²) in [5.41, 5.74) is 3.29. The van der Waals surface area contributed by atoms with Crippen LogP contribution in [0.2, 0.25) is 0 Å². The SMILES string of the molecule is CC[C@H](CNC(=O)OC)C(=O)N1CC2(CCC(c3ccc(C(C)(C)C)cc3)C2)C1. The number of likely N-dealkylation sites (tertiary alicyclic amines) is 1. The van der Waals surface area contributed by atoms with E-state index < -0.39 is 6.09 Å². The van der Waals surface area contributed by atoms with Gasteiger partial charge in [-0.05, 0) is 48.1 Å². The Balaban J connectivity index is 1.53. The van der Waals surface area contributed by atoms with Gasteiger partial charge in [-0.3, -0.25) is 4.79 Å². The average Bonchev–Trinajstić information content (AvgIpc) is 3.12. The molecular weight excluding hydrogens is 364 g/mol. The number of ether oxygens (including phenoxy) is 1. The van der Waals surface area contributed by atoms with Gasteiger partial charge < -0.3 is 15.0 Å². The summed E-state index contributed by atoms with van der Waals surface area (Å²) in [7, 11) is 1.34. The Morgan fingerprint density at radius 3 is 2.45 bits per heavy atom. The van der Waals surface area contributed by atoms with Gasteiger partial charge in [0, 0.05) is 25.0 Å². The van der Waals surface area contributed by atoms with Gasteiger partial charge in [0.05, 0.1) is 13.0 Å². The Hall–Kier alpha value is -2.04. The van der Waals surface area contributed by atoms with Crippen molar-refractivity contribution in [1.29, 1.82) is 0 Å². The summed E-state index contributed by atoms with van der Waals surface area (Å²) in [6.45, 7) is 10.8. The van der Waals surface area contributed by atoms with Crippen LogP contribution in [0.5, 0.6) is 0 Å². The van der Waals surface area contributed by atoms with E-state index in [1.165, 1.54) is 37.5 Å². The van der Waals surface area contributed by atoms with Gasteiger partial charge in [0.1, 0.15) is 0 Å². The summed E-state index contributed by atoms with van der Waals surface area (Å²) >= 11 is 0. The third-order valence-electron chi connectivity index (χ3n) is 6.84. The number of nitrogens with zero attached hydrogens (tertiary/aromatic N) is 1. The Labute approximate surface area is 175 Å². The second-order valence-electron chi connectivity index (χ2n) is 9.98. The highest BCUT2D eigenvalue weighted by atomic mass is 16.5. The highest BCUT2D eigenvalue weighted by Crippen LogP contribution is 2.52. The van der Waals surface area contributed by atoms with Gasteiger partial charge in [-0.15, -0.1) is 0 Å². The maximum Gasteiger partial charge on any atom is 0.406 e. The molecule has 29 heavy (non-hydrogen) atoms. The average molecular weight is 401 g/mol. The maximum atomic E-state index is 12.8. The predicted octanol–water partition coefficient (Wildman–Crippen LogP) is 4.46. The van der Waals surface area contributed by atoms with Gasteiger partial charge in [-0.25, -0.2) is 4.79 Å². The summed E-state index contributed by atoms with van der Waals surface area (Å²) in [6, 6.07) is 9.16. The first-order valence-electron chi connectivity index (χ1n) is 10.9. The Morgan fingerprint density at radius 1 is 1.24 bits per heavy atom. The van der Waals surface area contributed by atoms with Crippen molar-refractivity contribution in [3.63, 3.8) is 0 Å². The molecule has 0 aromatic heterocycles. The molecule has 1 saturated heterocycles. The molecule has 2 amide bonds. The Bertz CT molecular complexity index is 729. The molecule has 1 spiro atoms. The molecule has 2 atom stereocenters. The molecule has 5 heteroatoms. The summed E-state index contributed by atoms with van der Waals surface area (Å²) in [4.78, 5) is 26.1. The van der Waals surface area contributed by atoms with Crippen LogP contribution in [0.15, 0.2) is 24.3 Å². The normalized spacial score (nSPS) is 21.6. The fourth-order valence-corrected chi connectivity index (χ4v) is 4.90. The zero-order valence-corrected chi connectivity index (χ0v) is 18.6. The highest BCUT2D eigenvalue weighted by molar-refractivity contribution is 5.80. The number of benzene rings is 1. The van der Waals surface area contributed by atoms with E-state index in [0.717, 1.165) is 19.5 Å². The van der Waals surface area contributed by atoms with E-state index in [0.29, 0.717) is 12.5 Å². The molecule has 1 aliphatic heterocycles. The van der Waals surface area contributed by atoms with Crippen LogP contribution < -0.4 is 5.32 Å². The van der Waals surface area contributed by atoms with Crippen LogP contribution >= 0.6 is 0 Å². The topological polar surface area (TPSA) is 58.6 Å². The van der Waals surface area contributed by atoms with Crippen molar-refractivity contribution in [1.82, 2.24) is 10.2 Å². The lowest BCUT2D eigenvalue weighted by molar-refractivity contribution is -0.147. The van der Waals surface area contributed by atoms with Crippen LogP contribution in [0.4, 0.5) is 4.79 Å². The fraction of sp³-hybridized carbons (Fsp3) is 0.667. The van der Waals surface area contributed by atoms with Crippen LogP contribution in [0, 0.1) is 11.3 Å². The lowest BCUT2D eigenvalue weighted by Crippen LogP contribution is -2.59. The summed E-state index contributed by atoms with van der Waals surface area (Å²) in [5, 5.41) is 2.66. The van der Waals surface area contributed by atoms with Crippen molar-refractivity contribution in [2.75, 3.05) is 26.7 Å². The van der Waals surface area contributed by atoms with Crippen molar-refractivity contribution in [2.24, 2.45) is 11.3 Å². The number of amides is 2. The number of carbonyl (C=O) groups is 2. The number of rotatable bonds is 5. The van der Waals surface area contributed by atoms with Gasteiger partial charge in [0.15, 0.2) is 0 Å². The molecule has 160 valence electrons. The van der Waals surface area contributed by atoms with Gasteiger partial charge in [-0.2, -0.15) is 0 Å². The third kappa shape index (κ3) is 4.76. The lowest BCUT2D eigenvalue weighted by Gasteiger charge is -2.49. The van der Waals surface area contributed by atoms with E-state index in [9.17, 15) is 9.59 Å². The van der Waals surface area contributed by atoms with Gasteiger partial charge in [0.25, 0.3) is 0 Å². The minimum absolute atomic E-state index is 0.160. The molecule has 1 unspecified atom stereocenters. The van der Waals surface area contributed by atoms with Crippen molar-refractivity contribution in [3.8, 4) is 0 Å². The number of hydrogen-bond acceptors (Lipinski definition) is 3. The number of carbonyl (C=O) groups excluding carboxylic acids is 2. The second-order valence-corrected chi connectivity index (χ2v) is 9.98. The molecular formula is C24H36N2O3. The monoisotopic (exact) mass is 400 g/mol. The Morgan fingerprint density at radius 2 is 1.90 bits per heavy atom. The number of alkyl carbamates (subject to hydrolysis) is 1. The van der Waals surface area contributed by atoms with E-state index in [2.05, 4.69) is 55.1 Å². The first-order valence-corrected chi connectivity index (χ1v) is 10.9. The first kappa shape index (κ1) is 21.7. The summed E-state index contributed by atoms with van der Waals surface area (Å²) in [6.07, 6.45) is 3.81.